The highest BCUT2D eigenvalue weighted by Gasteiger charge is 2.16. The lowest BCUT2D eigenvalue weighted by molar-refractivity contribution is 0.338. The van der Waals surface area contributed by atoms with Crippen molar-refractivity contribution >= 4 is 54.5 Å². The van der Waals surface area contributed by atoms with E-state index >= 15 is 0 Å². The minimum atomic E-state index is 0.140. The fourth-order valence-electron chi connectivity index (χ4n) is 2.21. The van der Waals surface area contributed by atoms with Gasteiger partial charge in [-0.05, 0) is 94.0 Å². The molecule has 2 aromatic carbocycles. The van der Waals surface area contributed by atoms with E-state index < -0.39 is 0 Å². The summed E-state index contributed by atoms with van der Waals surface area (Å²) in [5.41, 5.74) is 2.45. The van der Waals surface area contributed by atoms with E-state index in [1.807, 2.05) is 20.0 Å². The quantitative estimate of drug-likeness (QED) is 0.520. The average molecular weight is 525 g/mol. The van der Waals surface area contributed by atoms with E-state index in [1.54, 1.807) is 0 Å². The number of rotatable bonds is 5. The third-order valence-corrected chi connectivity index (χ3v) is 5.24. The molecular formula is C16H16Br2INO. The van der Waals surface area contributed by atoms with Crippen LogP contribution >= 0.6 is 54.5 Å². The first-order valence-electron chi connectivity index (χ1n) is 6.61. The van der Waals surface area contributed by atoms with Crippen molar-refractivity contribution in [3.63, 3.8) is 0 Å². The third kappa shape index (κ3) is 4.21. The number of nitrogens with one attached hydrogen (secondary N) is 1. The molecule has 0 heterocycles. The molecule has 0 fully saturated rings. The van der Waals surface area contributed by atoms with Crippen LogP contribution in [-0.2, 0) is 0 Å². The van der Waals surface area contributed by atoms with Gasteiger partial charge in [0.1, 0.15) is 5.75 Å². The molecule has 0 radical (unpaired) electrons. The number of hydrogen-bond acceptors (Lipinski definition) is 2. The predicted molar refractivity (Wildman–Crippen MR) is 103 cm³/mol. The summed E-state index contributed by atoms with van der Waals surface area (Å²) in [5, 5.41) is 3.39. The molecule has 1 unspecified atom stereocenters. The van der Waals surface area contributed by atoms with Crippen LogP contribution in [0.3, 0.4) is 0 Å². The van der Waals surface area contributed by atoms with E-state index in [0.717, 1.165) is 14.7 Å². The Balaban J connectivity index is 2.42. The monoisotopic (exact) mass is 523 g/mol. The topological polar surface area (TPSA) is 21.3 Å². The van der Waals surface area contributed by atoms with Gasteiger partial charge in [-0.1, -0.05) is 22.0 Å². The molecule has 0 aliphatic carbocycles. The van der Waals surface area contributed by atoms with Crippen molar-refractivity contribution in [3.8, 4) is 5.75 Å². The van der Waals surface area contributed by atoms with Crippen LogP contribution in [-0.4, -0.2) is 13.7 Å². The van der Waals surface area contributed by atoms with Crippen LogP contribution in [0.5, 0.6) is 5.75 Å². The Bertz CT molecular complexity index is 634. The molecule has 0 saturated heterocycles. The SMILES string of the molecule is CCOc1ccc(C(NC)c2cc(Br)ccc2I)cc1Br. The maximum atomic E-state index is 5.58. The Kier molecular flexibility index (Phi) is 6.52. The summed E-state index contributed by atoms with van der Waals surface area (Å²) >= 11 is 9.51. The maximum Gasteiger partial charge on any atom is 0.133 e. The molecule has 5 heteroatoms. The molecule has 0 aliphatic heterocycles. The summed E-state index contributed by atoms with van der Waals surface area (Å²) in [5.74, 6) is 0.875. The van der Waals surface area contributed by atoms with Crippen LogP contribution in [0.4, 0.5) is 0 Å². The van der Waals surface area contributed by atoms with Gasteiger partial charge in [-0.25, -0.2) is 0 Å². The van der Waals surface area contributed by atoms with Crippen LogP contribution < -0.4 is 10.1 Å². The van der Waals surface area contributed by atoms with Gasteiger partial charge in [-0.3, -0.25) is 0 Å². The molecule has 1 N–H and O–H groups in total. The summed E-state index contributed by atoms with van der Waals surface area (Å²) in [6.45, 7) is 2.65. The predicted octanol–water partition coefficient (Wildman–Crippen LogP) is 5.52. The molecule has 1 atom stereocenters. The van der Waals surface area contributed by atoms with E-state index in [-0.39, 0.29) is 6.04 Å². The molecule has 21 heavy (non-hydrogen) atoms. The van der Waals surface area contributed by atoms with Gasteiger partial charge < -0.3 is 10.1 Å². The first-order valence-corrected chi connectivity index (χ1v) is 9.27. The van der Waals surface area contributed by atoms with Crippen LogP contribution in [0.2, 0.25) is 0 Å². The largest absolute Gasteiger partial charge is 0.493 e. The van der Waals surface area contributed by atoms with Crippen LogP contribution in [0, 0.1) is 3.57 Å². The van der Waals surface area contributed by atoms with Crippen LogP contribution in [0.1, 0.15) is 24.1 Å². The van der Waals surface area contributed by atoms with Crippen molar-refractivity contribution in [2.45, 2.75) is 13.0 Å². The molecule has 0 aliphatic rings. The van der Waals surface area contributed by atoms with Crippen molar-refractivity contribution in [2.24, 2.45) is 0 Å². The second kappa shape index (κ2) is 7.94. The van der Waals surface area contributed by atoms with Gasteiger partial charge in [0.05, 0.1) is 17.1 Å². The van der Waals surface area contributed by atoms with Gasteiger partial charge in [-0.2, -0.15) is 0 Å². The fraction of sp³-hybridized carbons (Fsp3) is 0.250. The minimum Gasteiger partial charge on any atom is -0.493 e. The van der Waals surface area contributed by atoms with Gasteiger partial charge in [0, 0.05) is 8.04 Å². The van der Waals surface area contributed by atoms with E-state index in [2.05, 4.69) is 90.1 Å². The summed E-state index contributed by atoms with van der Waals surface area (Å²) < 4.78 is 8.88. The normalized spacial score (nSPS) is 12.2. The van der Waals surface area contributed by atoms with E-state index in [0.29, 0.717) is 6.61 Å². The Morgan fingerprint density at radius 3 is 2.57 bits per heavy atom. The zero-order valence-corrected chi connectivity index (χ0v) is 17.1. The second-order valence-electron chi connectivity index (χ2n) is 4.51. The van der Waals surface area contributed by atoms with Crippen molar-refractivity contribution < 1.29 is 4.74 Å². The second-order valence-corrected chi connectivity index (χ2v) is 7.44. The summed E-state index contributed by atoms with van der Waals surface area (Å²) in [6.07, 6.45) is 0. The third-order valence-electron chi connectivity index (χ3n) is 3.15. The molecule has 112 valence electrons. The number of benzene rings is 2. The molecular weight excluding hydrogens is 509 g/mol. The Morgan fingerprint density at radius 2 is 1.95 bits per heavy atom. The minimum absolute atomic E-state index is 0.140. The summed E-state index contributed by atoms with van der Waals surface area (Å²) in [4.78, 5) is 0. The van der Waals surface area contributed by atoms with Crippen molar-refractivity contribution in [3.05, 3.63) is 60.0 Å². The standard InChI is InChI=1S/C16H16Br2INO/c1-3-21-15-7-4-10(8-13(15)18)16(20-2)12-9-11(17)5-6-14(12)19/h4-9,16,20H,3H2,1-2H3. The van der Waals surface area contributed by atoms with Crippen molar-refractivity contribution in [1.29, 1.82) is 0 Å². The smallest absolute Gasteiger partial charge is 0.133 e. The zero-order chi connectivity index (χ0) is 15.4. The van der Waals surface area contributed by atoms with Gasteiger partial charge in [0.2, 0.25) is 0 Å². The molecule has 0 aromatic heterocycles. The molecule has 2 nitrogen and oxygen atoms in total. The Hall–Kier alpha value is -0.110. The van der Waals surface area contributed by atoms with Gasteiger partial charge in [-0.15, -0.1) is 0 Å². The molecule has 2 rings (SSSR count). The highest BCUT2D eigenvalue weighted by atomic mass is 127. The zero-order valence-electron chi connectivity index (χ0n) is 11.8. The number of ether oxygens (including phenoxy) is 1. The molecule has 2 aromatic rings. The molecule has 0 bridgehead atoms. The first kappa shape index (κ1) is 17.2. The van der Waals surface area contributed by atoms with Crippen LogP contribution in [0.15, 0.2) is 45.3 Å². The van der Waals surface area contributed by atoms with Crippen molar-refractivity contribution in [1.82, 2.24) is 5.32 Å². The lowest BCUT2D eigenvalue weighted by atomic mass is 9.99. The lowest BCUT2D eigenvalue weighted by Crippen LogP contribution is -2.18. The maximum absolute atomic E-state index is 5.58. The fourth-order valence-corrected chi connectivity index (χ4v) is 3.74. The molecule has 0 saturated carbocycles. The lowest BCUT2D eigenvalue weighted by Gasteiger charge is -2.20. The van der Waals surface area contributed by atoms with Crippen molar-refractivity contribution in [2.75, 3.05) is 13.7 Å². The van der Waals surface area contributed by atoms with E-state index in [1.165, 1.54) is 14.7 Å². The highest BCUT2D eigenvalue weighted by Crippen LogP contribution is 2.33. The number of hydrogen-bond donors (Lipinski definition) is 1. The van der Waals surface area contributed by atoms with E-state index in [9.17, 15) is 0 Å². The van der Waals surface area contributed by atoms with Gasteiger partial charge in [0.15, 0.2) is 0 Å². The Morgan fingerprint density at radius 1 is 1.19 bits per heavy atom. The molecule has 0 spiro atoms. The van der Waals surface area contributed by atoms with Gasteiger partial charge >= 0.3 is 0 Å². The van der Waals surface area contributed by atoms with Crippen LogP contribution in [0.25, 0.3) is 0 Å². The van der Waals surface area contributed by atoms with E-state index in [4.69, 9.17) is 4.74 Å². The average Bonchev–Trinajstić information content (AvgIpc) is 2.46. The summed E-state index contributed by atoms with van der Waals surface area (Å²) in [7, 11) is 1.98. The Labute approximate surface area is 156 Å². The number of halogens is 3. The first-order chi connectivity index (χ1) is 10.1. The summed E-state index contributed by atoms with van der Waals surface area (Å²) in [6, 6.07) is 12.7. The van der Waals surface area contributed by atoms with Gasteiger partial charge in [0.25, 0.3) is 0 Å². The highest BCUT2D eigenvalue weighted by molar-refractivity contribution is 14.1. The molecule has 0 amide bonds.